The Kier molecular flexibility index (Phi) is 4.49. The minimum Gasteiger partial charge on any atom is -0.348 e. The number of halogens is 2. The van der Waals surface area contributed by atoms with Crippen molar-refractivity contribution >= 4 is 23.2 Å². The van der Waals surface area contributed by atoms with Gasteiger partial charge in [-0.3, -0.25) is 14.9 Å². The standard InChI is InChI=1S/C14H10ClFN2O3/c15-10-3-1-9(2-4-10)8-17-14(19)12-6-5-11(16)7-13(12)18(20)21/h1-7H,8H2,(H,17,19). The van der Waals surface area contributed by atoms with Crippen LogP contribution in [0.25, 0.3) is 0 Å². The minimum absolute atomic E-state index is 0.185. The van der Waals surface area contributed by atoms with Crippen LogP contribution in [-0.4, -0.2) is 10.8 Å². The van der Waals surface area contributed by atoms with Gasteiger partial charge in [-0.05, 0) is 29.8 Å². The van der Waals surface area contributed by atoms with Crippen molar-refractivity contribution in [1.29, 1.82) is 0 Å². The van der Waals surface area contributed by atoms with Crippen molar-refractivity contribution in [3.8, 4) is 0 Å². The number of nitrogens with zero attached hydrogens (tertiary/aromatic N) is 1. The van der Waals surface area contributed by atoms with Crippen molar-refractivity contribution in [2.24, 2.45) is 0 Å². The smallest absolute Gasteiger partial charge is 0.285 e. The number of amides is 1. The van der Waals surface area contributed by atoms with Gasteiger partial charge < -0.3 is 5.32 Å². The molecular formula is C14H10ClFN2O3. The molecule has 0 radical (unpaired) electrons. The number of rotatable bonds is 4. The van der Waals surface area contributed by atoms with E-state index in [0.29, 0.717) is 5.02 Å². The Labute approximate surface area is 124 Å². The maximum atomic E-state index is 13.0. The normalized spacial score (nSPS) is 10.2. The van der Waals surface area contributed by atoms with E-state index >= 15 is 0 Å². The van der Waals surface area contributed by atoms with Crippen LogP contribution in [0.1, 0.15) is 15.9 Å². The summed E-state index contributed by atoms with van der Waals surface area (Å²) < 4.78 is 13.0. The van der Waals surface area contributed by atoms with E-state index in [4.69, 9.17) is 11.6 Å². The van der Waals surface area contributed by atoms with E-state index in [1.54, 1.807) is 24.3 Å². The summed E-state index contributed by atoms with van der Waals surface area (Å²) in [6.07, 6.45) is 0. The highest BCUT2D eigenvalue weighted by molar-refractivity contribution is 6.30. The molecule has 7 heteroatoms. The van der Waals surface area contributed by atoms with Gasteiger partial charge in [0.05, 0.1) is 11.0 Å². The Bertz CT molecular complexity index is 689. The van der Waals surface area contributed by atoms with Crippen molar-refractivity contribution < 1.29 is 14.1 Å². The largest absolute Gasteiger partial charge is 0.348 e. The Morgan fingerprint density at radius 3 is 2.52 bits per heavy atom. The number of nitro benzene ring substituents is 1. The zero-order valence-electron chi connectivity index (χ0n) is 10.7. The van der Waals surface area contributed by atoms with Gasteiger partial charge in [0.25, 0.3) is 11.6 Å². The zero-order chi connectivity index (χ0) is 15.4. The first kappa shape index (κ1) is 14.9. The lowest BCUT2D eigenvalue weighted by Crippen LogP contribution is -2.23. The van der Waals surface area contributed by atoms with Crippen molar-refractivity contribution in [3.05, 3.63) is 74.5 Å². The predicted molar refractivity (Wildman–Crippen MR) is 75.7 cm³/mol. The molecule has 0 saturated heterocycles. The average Bonchev–Trinajstić information content (AvgIpc) is 2.46. The van der Waals surface area contributed by atoms with E-state index in [2.05, 4.69) is 5.32 Å². The second-order valence-electron chi connectivity index (χ2n) is 4.23. The third kappa shape index (κ3) is 3.76. The SMILES string of the molecule is O=C(NCc1ccc(Cl)cc1)c1ccc(F)cc1[N+](=O)[O-]. The predicted octanol–water partition coefficient (Wildman–Crippen LogP) is 3.32. The molecule has 0 unspecified atom stereocenters. The van der Waals surface area contributed by atoms with Crippen LogP contribution in [0.5, 0.6) is 0 Å². The van der Waals surface area contributed by atoms with Gasteiger partial charge in [-0.25, -0.2) is 4.39 Å². The first-order valence-electron chi connectivity index (χ1n) is 5.94. The van der Waals surface area contributed by atoms with E-state index in [-0.39, 0.29) is 12.1 Å². The lowest BCUT2D eigenvalue weighted by Gasteiger charge is -2.06. The van der Waals surface area contributed by atoms with Gasteiger partial charge >= 0.3 is 0 Å². The van der Waals surface area contributed by atoms with Crippen molar-refractivity contribution in [2.75, 3.05) is 0 Å². The van der Waals surface area contributed by atoms with Gasteiger partial charge in [-0.15, -0.1) is 0 Å². The summed E-state index contributed by atoms with van der Waals surface area (Å²) in [6, 6.07) is 9.60. The van der Waals surface area contributed by atoms with Crippen molar-refractivity contribution in [1.82, 2.24) is 5.32 Å². The maximum absolute atomic E-state index is 13.0. The average molecular weight is 309 g/mol. The third-order valence-corrected chi connectivity index (χ3v) is 3.02. The molecule has 0 bridgehead atoms. The Morgan fingerprint density at radius 2 is 1.90 bits per heavy atom. The molecule has 0 aliphatic carbocycles. The fourth-order valence-corrected chi connectivity index (χ4v) is 1.85. The lowest BCUT2D eigenvalue weighted by atomic mass is 10.1. The van der Waals surface area contributed by atoms with Crippen LogP contribution in [0.4, 0.5) is 10.1 Å². The van der Waals surface area contributed by atoms with Crippen molar-refractivity contribution in [2.45, 2.75) is 6.54 Å². The molecule has 108 valence electrons. The van der Waals surface area contributed by atoms with E-state index in [0.717, 1.165) is 23.8 Å². The Morgan fingerprint density at radius 1 is 1.24 bits per heavy atom. The summed E-state index contributed by atoms with van der Waals surface area (Å²) in [6.45, 7) is 0.185. The van der Waals surface area contributed by atoms with Crippen LogP contribution in [0.3, 0.4) is 0 Å². The van der Waals surface area contributed by atoms with Gasteiger partial charge in [-0.2, -0.15) is 0 Å². The number of nitro groups is 1. The molecule has 2 rings (SSSR count). The summed E-state index contributed by atoms with van der Waals surface area (Å²) in [5.74, 6) is -1.41. The van der Waals surface area contributed by atoms with Crippen LogP contribution in [0.2, 0.25) is 5.02 Å². The van der Waals surface area contributed by atoms with Gasteiger partial charge in [0, 0.05) is 11.6 Å². The van der Waals surface area contributed by atoms with Crippen LogP contribution >= 0.6 is 11.6 Å². The first-order chi connectivity index (χ1) is 9.97. The van der Waals surface area contributed by atoms with Gasteiger partial charge in [-0.1, -0.05) is 23.7 Å². The molecule has 0 aliphatic heterocycles. The van der Waals surface area contributed by atoms with Gasteiger partial charge in [0.15, 0.2) is 0 Å². The number of carbonyl (C=O) groups is 1. The number of hydrogen-bond donors (Lipinski definition) is 1. The van der Waals surface area contributed by atoms with E-state index in [9.17, 15) is 19.3 Å². The third-order valence-electron chi connectivity index (χ3n) is 2.77. The molecule has 0 aliphatic rings. The zero-order valence-corrected chi connectivity index (χ0v) is 11.4. The second-order valence-corrected chi connectivity index (χ2v) is 4.66. The highest BCUT2D eigenvalue weighted by Gasteiger charge is 2.20. The second kappa shape index (κ2) is 6.32. The molecule has 5 nitrogen and oxygen atoms in total. The van der Waals surface area contributed by atoms with Gasteiger partial charge in [0.2, 0.25) is 0 Å². The number of carbonyl (C=O) groups excluding carboxylic acids is 1. The van der Waals surface area contributed by atoms with Crippen LogP contribution in [0.15, 0.2) is 42.5 Å². The quantitative estimate of drug-likeness (QED) is 0.695. The monoisotopic (exact) mass is 308 g/mol. The molecule has 1 amide bonds. The van der Waals surface area contributed by atoms with E-state index in [1.807, 2.05) is 0 Å². The molecule has 0 aromatic heterocycles. The summed E-state index contributed by atoms with van der Waals surface area (Å²) in [7, 11) is 0. The molecule has 0 saturated carbocycles. The fourth-order valence-electron chi connectivity index (χ4n) is 1.73. The minimum atomic E-state index is -0.791. The molecule has 0 atom stereocenters. The fraction of sp³-hybridized carbons (Fsp3) is 0.0714. The summed E-state index contributed by atoms with van der Waals surface area (Å²) in [5, 5.41) is 13.9. The Hall–Kier alpha value is -2.47. The van der Waals surface area contributed by atoms with Crippen molar-refractivity contribution in [3.63, 3.8) is 0 Å². The molecular weight excluding hydrogens is 299 g/mol. The maximum Gasteiger partial charge on any atom is 0.285 e. The molecule has 0 fully saturated rings. The molecule has 0 spiro atoms. The van der Waals surface area contributed by atoms with Crippen LogP contribution < -0.4 is 5.32 Å². The summed E-state index contributed by atoms with van der Waals surface area (Å²) in [5.41, 5.74) is 0.0384. The molecule has 0 heterocycles. The van der Waals surface area contributed by atoms with Gasteiger partial charge in [0.1, 0.15) is 11.4 Å². The Balaban J connectivity index is 2.13. The molecule has 1 N–H and O–H groups in total. The number of nitrogens with one attached hydrogen (secondary N) is 1. The lowest BCUT2D eigenvalue weighted by molar-refractivity contribution is -0.385. The summed E-state index contributed by atoms with van der Waals surface area (Å²) >= 11 is 5.74. The topological polar surface area (TPSA) is 72.2 Å². The summed E-state index contributed by atoms with van der Waals surface area (Å²) in [4.78, 5) is 22.0. The van der Waals surface area contributed by atoms with Crippen LogP contribution in [-0.2, 0) is 6.54 Å². The number of hydrogen-bond acceptors (Lipinski definition) is 3. The number of benzene rings is 2. The molecule has 2 aromatic carbocycles. The highest BCUT2D eigenvalue weighted by atomic mass is 35.5. The first-order valence-corrected chi connectivity index (χ1v) is 6.32. The van der Waals surface area contributed by atoms with E-state index in [1.165, 1.54) is 0 Å². The van der Waals surface area contributed by atoms with Crippen LogP contribution in [0, 0.1) is 15.9 Å². The highest BCUT2D eigenvalue weighted by Crippen LogP contribution is 2.19. The van der Waals surface area contributed by atoms with E-state index < -0.39 is 22.3 Å². The molecule has 2 aromatic rings. The molecule has 21 heavy (non-hydrogen) atoms.